The highest BCUT2D eigenvalue weighted by Gasteiger charge is 2.20. The van der Waals surface area contributed by atoms with E-state index in [2.05, 4.69) is 31.3 Å². The van der Waals surface area contributed by atoms with Crippen LogP contribution in [0.1, 0.15) is 28.3 Å². The molecule has 4 heteroatoms. The van der Waals surface area contributed by atoms with E-state index in [1.54, 1.807) is 7.11 Å². The number of hydrogen-bond donors (Lipinski definition) is 1. The summed E-state index contributed by atoms with van der Waals surface area (Å²) < 4.78 is 5.33. The molecule has 1 aliphatic carbocycles. The summed E-state index contributed by atoms with van der Waals surface area (Å²) in [6, 6.07) is 7.06. The van der Waals surface area contributed by atoms with Gasteiger partial charge < -0.3 is 10.1 Å². The van der Waals surface area contributed by atoms with Crippen molar-refractivity contribution in [1.29, 1.82) is 0 Å². The van der Waals surface area contributed by atoms with Gasteiger partial charge in [0.25, 0.3) is 0 Å². The maximum absolute atomic E-state index is 5.33. The van der Waals surface area contributed by atoms with Crippen molar-refractivity contribution in [3.05, 3.63) is 33.6 Å². The van der Waals surface area contributed by atoms with E-state index in [1.165, 1.54) is 28.3 Å². The molecule has 1 aromatic heterocycles. The highest BCUT2D eigenvalue weighted by atomic mass is 32.1. The van der Waals surface area contributed by atoms with Gasteiger partial charge in [0.2, 0.25) is 0 Å². The van der Waals surface area contributed by atoms with Crippen molar-refractivity contribution in [3.8, 4) is 17.0 Å². The summed E-state index contributed by atoms with van der Waals surface area (Å²) in [5, 5.41) is 4.77. The monoisotopic (exact) mass is 302 g/mol. The van der Waals surface area contributed by atoms with Gasteiger partial charge in [0, 0.05) is 29.4 Å². The van der Waals surface area contributed by atoms with E-state index in [0.717, 1.165) is 36.0 Å². The summed E-state index contributed by atoms with van der Waals surface area (Å²) >= 11 is 1.81. The van der Waals surface area contributed by atoms with Gasteiger partial charge in [0.05, 0.1) is 17.8 Å². The molecule has 0 aliphatic heterocycles. The molecule has 1 heterocycles. The molecule has 1 saturated carbocycles. The number of aromatic nitrogens is 1. The van der Waals surface area contributed by atoms with Gasteiger partial charge in [-0.3, -0.25) is 0 Å². The van der Waals surface area contributed by atoms with Gasteiger partial charge in [-0.15, -0.1) is 11.3 Å². The Morgan fingerprint density at radius 2 is 2.14 bits per heavy atom. The predicted octanol–water partition coefficient (Wildman–Crippen LogP) is 3.73. The van der Waals surface area contributed by atoms with Gasteiger partial charge in [-0.2, -0.15) is 0 Å². The molecule has 1 aliphatic rings. The van der Waals surface area contributed by atoms with Crippen LogP contribution in [0.3, 0.4) is 0 Å². The van der Waals surface area contributed by atoms with E-state index < -0.39 is 0 Å². The van der Waals surface area contributed by atoms with Gasteiger partial charge in [0.15, 0.2) is 0 Å². The van der Waals surface area contributed by atoms with Crippen molar-refractivity contribution in [2.75, 3.05) is 13.7 Å². The molecule has 0 spiro atoms. The second-order valence-corrected chi connectivity index (χ2v) is 6.96. The summed E-state index contributed by atoms with van der Waals surface area (Å²) in [4.78, 5) is 6.12. The fraction of sp³-hybridized carbons (Fsp3) is 0.471. The smallest absolute Gasteiger partial charge is 0.121 e. The van der Waals surface area contributed by atoms with Crippen LogP contribution in [0.5, 0.6) is 5.75 Å². The molecule has 3 rings (SSSR count). The molecule has 0 bridgehead atoms. The minimum atomic E-state index is 0.773. The Kier molecular flexibility index (Phi) is 4.27. The quantitative estimate of drug-likeness (QED) is 0.883. The number of nitrogens with zero attached hydrogens (tertiary/aromatic N) is 1. The summed E-state index contributed by atoms with van der Waals surface area (Å²) in [5.41, 5.74) is 3.45. The minimum Gasteiger partial charge on any atom is -0.496 e. The first kappa shape index (κ1) is 14.5. The highest BCUT2D eigenvalue weighted by Crippen LogP contribution is 2.31. The topological polar surface area (TPSA) is 34.1 Å². The van der Waals surface area contributed by atoms with Crippen molar-refractivity contribution in [3.63, 3.8) is 0 Å². The van der Waals surface area contributed by atoms with Crippen LogP contribution < -0.4 is 10.1 Å². The van der Waals surface area contributed by atoms with Crippen LogP contribution in [0.2, 0.25) is 0 Å². The lowest BCUT2D eigenvalue weighted by Crippen LogP contribution is -2.19. The fourth-order valence-electron chi connectivity index (χ4n) is 2.52. The molecular weight excluding hydrogens is 280 g/mol. The highest BCUT2D eigenvalue weighted by molar-refractivity contribution is 7.12. The van der Waals surface area contributed by atoms with Crippen LogP contribution in [-0.2, 0) is 6.42 Å². The van der Waals surface area contributed by atoms with E-state index >= 15 is 0 Å². The summed E-state index contributed by atoms with van der Waals surface area (Å²) in [5.74, 6) is 0.931. The predicted molar refractivity (Wildman–Crippen MR) is 88.3 cm³/mol. The van der Waals surface area contributed by atoms with Crippen molar-refractivity contribution >= 4 is 11.3 Å². The zero-order valence-corrected chi connectivity index (χ0v) is 13.7. The summed E-state index contributed by atoms with van der Waals surface area (Å²) in [6.07, 6.45) is 3.71. The maximum Gasteiger partial charge on any atom is 0.121 e. The van der Waals surface area contributed by atoms with Crippen LogP contribution in [0.25, 0.3) is 11.3 Å². The molecule has 112 valence electrons. The van der Waals surface area contributed by atoms with E-state index in [1.807, 2.05) is 17.4 Å². The van der Waals surface area contributed by atoms with Gasteiger partial charge in [-0.25, -0.2) is 4.98 Å². The van der Waals surface area contributed by atoms with Crippen molar-refractivity contribution in [1.82, 2.24) is 10.3 Å². The second kappa shape index (κ2) is 6.16. The van der Waals surface area contributed by atoms with Gasteiger partial charge in [-0.1, -0.05) is 0 Å². The largest absolute Gasteiger partial charge is 0.496 e. The van der Waals surface area contributed by atoms with Crippen LogP contribution in [0.15, 0.2) is 18.2 Å². The number of aryl methyl sites for hydroxylation is 2. The standard InChI is InChI=1S/C17H22N2OS/c1-11-10-13(4-7-15(11)20-3)17-12(2)21-16(19-17)8-9-18-14-5-6-14/h4,7,10,14,18H,5-6,8-9H2,1-3H3. The average Bonchev–Trinajstić information content (AvgIpc) is 3.21. The second-order valence-electron chi connectivity index (χ2n) is 5.68. The van der Waals surface area contributed by atoms with E-state index in [0.29, 0.717) is 0 Å². The Hall–Kier alpha value is -1.39. The lowest BCUT2D eigenvalue weighted by Gasteiger charge is -2.06. The molecule has 1 N–H and O–H groups in total. The molecule has 2 aromatic rings. The SMILES string of the molecule is COc1ccc(-c2nc(CCNC3CC3)sc2C)cc1C. The summed E-state index contributed by atoms with van der Waals surface area (Å²) in [6.45, 7) is 5.27. The van der Waals surface area contributed by atoms with Crippen molar-refractivity contribution < 1.29 is 4.74 Å². The normalized spacial score (nSPS) is 14.4. The lowest BCUT2D eigenvalue weighted by atomic mass is 10.1. The number of hydrogen-bond acceptors (Lipinski definition) is 4. The van der Waals surface area contributed by atoms with Crippen LogP contribution in [0.4, 0.5) is 0 Å². The van der Waals surface area contributed by atoms with Crippen molar-refractivity contribution in [2.45, 2.75) is 39.2 Å². The summed E-state index contributed by atoms with van der Waals surface area (Å²) in [7, 11) is 1.71. The molecule has 3 nitrogen and oxygen atoms in total. The third-order valence-corrected chi connectivity index (χ3v) is 4.89. The van der Waals surface area contributed by atoms with Gasteiger partial charge in [0.1, 0.15) is 5.75 Å². The Labute approximate surface area is 130 Å². The third-order valence-electron chi connectivity index (χ3n) is 3.86. The number of rotatable bonds is 6. The molecule has 0 unspecified atom stereocenters. The van der Waals surface area contributed by atoms with E-state index in [9.17, 15) is 0 Å². The van der Waals surface area contributed by atoms with Crippen LogP contribution in [0, 0.1) is 13.8 Å². The molecule has 1 fully saturated rings. The molecule has 0 amide bonds. The number of methoxy groups -OCH3 is 1. The maximum atomic E-state index is 5.33. The van der Waals surface area contributed by atoms with Crippen LogP contribution >= 0.6 is 11.3 Å². The molecule has 0 radical (unpaired) electrons. The third kappa shape index (κ3) is 3.44. The lowest BCUT2D eigenvalue weighted by molar-refractivity contribution is 0.412. The van der Waals surface area contributed by atoms with Crippen molar-refractivity contribution in [2.24, 2.45) is 0 Å². The average molecular weight is 302 g/mol. The Bertz CT molecular complexity index is 632. The zero-order valence-electron chi connectivity index (χ0n) is 12.9. The van der Waals surface area contributed by atoms with E-state index in [4.69, 9.17) is 9.72 Å². The molecule has 21 heavy (non-hydrogen) atoms. The molecule has 1 aromatic carbocycles. The Morgan fingerprint density at radius 1 is 1.33 bits per heavy atom. The molecule has 0 atom stereocenters. The molecule has 0 saturated heterocycles. The Balaban J connectivity index is 1.74. The minimum absolute atomic E-state index is 0.773. The van der Waals surface area contributed by atoms with E-state index in [-0.39, 0.29) is 0 Å². The first-order chi connectivity index (χ1) is 10.2. The van der Waals surface area contributed by atoms with Gasteiger partial charge >= 0.3 is 0 Å². The van der Waals surface area contributed by atoms with Crippen LogP contribution in [-0.4, -0.2) is 24.7 Å². The van der Waals surface area contributed by atoms with Gasteiger partial charge in [-0.05, 0) is 50.5 Å². The number of nitrogens with one attached hydrogen (secondary N) is 1. The zero-order chi connectivity index (χ0) is 14.8. The number of ether oxygens (including phenoxy) is 1. The fourth-order valence-corrected chi connectivity index (χ4v) is 3.48. The Morgan fingerprint density at radius 3 is 2.81 bits per heavy atom. The molecular formula is C17H22N2OS. The first-order valence-corrected chi connectivity index (χ1v) is 8.33. The number of thiazole rings is 1. The first-order valence-electron chi connectivity index (χ1n) is 7.52. The number of benzene rings is 1.